The van der Waals surface area contributed by atoms with Crippen molar-refractivity contribution in [3.8, 4) is 0 Å². The summed E-state index contributed by atoms with van der Waals surface area (Å²) >= 11 is 6.18. The van der Waals surface area contributed by atoms with Gasteiger partial charge >= 0.3 is 0 Å². The van der Waals surface area contributed by atoms with Gasteiger partial charge in [-0.25, -0.2) is 0 Å². The summed E-state index contributed by atoms with van der Waals surface area (Å²) in [4.78, 5) is 25.9. The molecular weight excluding hydrogens is 330 g/mol. The largest absolute Gasteiger partial charge is 0.360 e. The van der Waals surface area contributed by atoms with E-state index >= 15 is 0 Å². The number of rotatable bonds is 5. The number of amides is 2. The Balaban J connectivity index is 1.54. The second-order valence-electron chi connectivity index (χ2n) is 6.04. The van der Waals surface area contributed by atoms with Crippen LogP contribution < -0.4 is 5.32 Å². The quantitative estimate of drug-likeness (QED) is 0.902. The molecule has 1 aliphatic rings. The van der Waals surface area contributed by atoms with Crippen molar-refractivity contribution in [3.05, 3.63) is 46.7 Å². The standard InChI is InChI=1S/C17H18ClN3O3/c1-10-7-15(20-24-10)19-16(22)9-21(2)17(23)13-8-12(13)11-5-3-4-6-14(11)18/h3-7,12-13H,8-9H2,1-2H3,(H,19,20,22). The highest BCUT2D eigenvalue weighted by atomic mass is 35.5. The van der Waals surface area contributed by atoms with Crippen LogP contribution in [0.15, 0.2) is 34.9 Å². The summed E-state index contributed by atoms with van der Waals surface area (Å²) in [5.74, 6) is 0.612. The van der Waals surface area contributed by atoms with E-state index in [0.717, 1.165) is 12.0 Å². The first-order valence-electron chi connectivity index (χ1n) is 7.68. The number of hydrogen-bond donors (Lipinski definition) is 1. The van der Waals surface area contributed by atoms with Crippen LogP contribution in [0.5, 0.6) is 0 Å². The highest BCUT2D eigenvalue weighted by molar-refractivity contribution is 6.31. The third-order valence-corrected chi connectivity index (χ3v) is 4.41. The Morgan fingerprint density at radius 3 is 2.83 bits per heavy atom. The molecule has 0 saturated heterocycles. The third-order valence-electron chi connectivity index (χ3n) is 4.06. The number of carbonyl (C=O) groups is 2. The van der Waals surface area contributed by atoms with Gasteiger partial charge in [-0.15, -0.1) is 0 Å². The average molecular weight is 348 g/mol. The fraction of sp³-hybridized carbons (Fsp3) is 0.353. The molecule has 0 bridgehead atoms. The van der Waals surface area contributed by atoms with Crippen LogP contribution in [-0.2, 0) is 9.59 Å². The van der Waals surface area contributed by atoms with Crippen LogP contribution in [0.1, 0.15) is 23.7 Å². The number of halogens is 1. The van der Waals surface area contributed by atoms with Gasteiger partial charge in [-0.3, -0.25) is 9.59 Å². The molecule has 1 aromatic heterocycles. The molecule has 1 heterocycles. The first-order valence-corrected chi connectivity index (χ1v) is 8.06. The van der Waals surface area contributed by atoms with Crippen molar-refractivity contribution in [1.29, 1.82) is 0 Å². The van der Waals surface area contributed by atoms with Gasteiger partial charge < -0.3 is 14.7 Å². The number of nitrogens with zero attached hydrogens (tertiary/aromatic N) is 2. The van der Waals surface area contributed by atoms with Crippen LogP contribution in [0, 0.1) is 12.8 Å². The molecular formula is C17H18ClN3O3. The molecule has 1 N–H and O–H groups in total. The summed E-state index contributed by atoms with van der Waals surface area (Å²) in [6.45, 7) is 1.71. The maximum Gasteiger partial charge on any atom is 0.245 e. The second-order valence-corrected chi connectivity index (χ2v) is 6.44. The topological polar surface area (TPSA) is 75.4 Å². The Kier molecular flexibility index (Phi) is 4.57. The summed E-state index contributed by atoms with van der Waals surface area (Å²) in [5, 5.41) is 6.97. The molecule has 7 heteroatoms. The van der Waals surface area contributed by atoms with E-state index in [0.29, 0.717) is 16.6 Å². The molecule has 1 fully saturated rings. The first kappa shape index (κ1) is 16.5. The predicted octanol–water partition coefficient (Wildman–Crippen LogP) is 2.84. The first-order chi connectivity index (χ1) is 11.5. The minimum Gasteiger partial charge on any atom is -0.360 e. The maximum absolute atomic E-state index is 12.5. The Labute approximate surface area is 144 Å². The highest BCUT2D eigenvalue weighted by Gasteiger charge is 2.46. The van der Waals surface area contributed by atoms with Crippen molar-refractivity contribution in [3.63, 3.8) is 0 Å². The van der Waals surface area contributed by atoms with Gasteiger partial charge in [0.05, 0.1) is 6.54 Å². The highest BCUT2D eigenvalue weighted by Crippen LogP contribution is 2.50. The molecule has 6 nitrogen and oxygen atoms in total. The Morgan fingerprint density at radius 2 is 2.17 bits per heavy atom. The van der Waals surface area contributed by atoms with Gasteiger partial charge in [-0.2, -0.15) is 0 Å². The van der Waals surface area contributed by atoms with Crippen molar-refractivity contribution in [2.24, 2.45) is 5.92 Å². The fourth-order valence-corrected chi connectivity index (χ4v) is 3.05. The van der Waals surface area contributed by atoms with Gasteiger partial charge in [-0.05, 0) is 30.9 Å². The third kappa shape index (κ3) is 3.59. The smallest absolute Gasteiger partial charge is 0.245 e. The van der Waals surface area contributed by atoms with Gasteiger partial charge in [-0.1, -0.05) is 35.0 Å². The van der Waals surface area contributed by atoms with Crippen molar-refractivity contribution < 1.29 is 14.1 Å². The summed E-state index contributed by atoms with van der Waals surface area (Å²) in [6, 6.07) is 9.17. The molecule has 2 amide bonds. The Bertz CT molecular complexity index is 774. The van der Waals surface area contributed by atoms with Crippen LogP contribution >= 0.6 is 11.6 Å². The molecule has 1 aliphatic carbocycles. The summed E-state index contributed by atoms with van der Waals surface area (Å²) in [7, 11) is 1.62. The van der Waals surface area contributed by atoms with E-state index in [2.05, 4.69) is 10.5 Å². The lowest BCUT2D eigenvalue weighted by Gasteiger charge is -2.16. The van der Waals surface area contributed by atoms with Gasteiger partial charge in [0.1, 0.15) is 5.76 Å². The minimum atomic E-state index is -0.311. The predicted molar refractivity (Wildman–Crippen MR) is 89.8 cm³/mol. The van der Waals surface area contributed by atoms with E-state index < -0.39 is 0 Å². The van der Waals surface area contributed by atoms with Crippen LogP contribution in [-0.4, -0.2) is 35.5 Å². The van der Waals surface area contributed by atoms with Crippen molar-refractivity contribution in [2.45, 2.75) is 19.3 Å². The molecule has 2 unspecified atom stereocenters. The van der Waals surface area contributed by atoms with Gasteiger partial charge in [0.15, 0.2) is 5.82 Å². The lowest BCUT2D eigenvalue weighted by Crippen LogP contribution is -2.36. The van der Waals surface area contributed by atoms with E-state index in [-0.39, 0.29) is 30.2 Å². The molecule has 1 aromatic carbocycles. The Hall–Kier alpha value is -2.34. The SMILES string of the molecule is Cc1cc(NC(=O)CN(C)C(=O)C2CC2c2ccccc2Cl)no1. The summed E-state index contributed by atoms with van der Waals surface area (Å²) in [5.41, 5.74) is 0.994. The van der Waals surface area contributed by atoms with E-state index in [1.54, 1.807) is 20.0 Å². The number of hydrogen-bond acceptors (Lipinski definition) is 4. The molecule has 2 aromatic rings. The molecule has 24 heavy (non-hydrogen) atoms. The Morgan fingerprint density at radius 1 is 1.42 bits per heavy atom. The number of aryl methyl sites for hydroxylation is 1. The number of anilines is 1. The van der Waals surface area contributed by atoms with Crippen LogP contribution in [0.3, 0.4) is 0 Å². The molecule has 1 saturated carbocycles. The summed E-state index contributed by atoms with van der Waals surface area (Å²) < 4.78 is 4.88. The van der Waals surface area contributed by atoms with E-state index in [9.17, 15) is 9.59 Å². The minimum absolute atomic E-state index is 0.0313. The average Bonchev–Trinajstić information content (AvgIpc) is 3.22. The number of nitrogens with one attached hydrogen (secondary N) is 1. The summed E-state index contributed by atoms with van der Waals surface area (Å²) in [6.07, 6.45) is 0.761. The van der Waals surface area contributed by atoms with Gasteiger partial charge in [0, 0.05) is 24.1 Å². The number of benzene rings is 1. The number of carbonyl (C=O) groups excluding carboxylic acids is 2. The number of aromatic nitrogens is 1. The second kappa shape index (κ2) is 6.65. The number of likely N-dealkylation sites (N-methyl/N-ethyl adjacent to an activating group) is 1. The van der Waals surface area contributed by atoms with Crippen LogP contribution in [0.2, 0.25) is 5.02 Å². The zero-order valence-electron chi connectivity index (χ0n) is 13.5. The maximum atomic E-state index is 12.5. The van der Waals surface area contributed by atoms with Crippen molar-refractivity contribution in [1.82, 2.24) is 10.1 Å². The zero-order valence-corrected chi connectivity index (χ0v) is 14.2. The van der Waals surface area contributed by atoms with E-state index in [1.807, 2.05) is 24.3 Å². The van der Waals surface area contributed by atoms with Crippen molar-refractivity contribution >= 4 is 29.2 Å². The van der Waals surface area contributed by atoms with Crippen molar-refractivity contribution in [2.75, 3.05) is 18.9 Å². The molecule has 0 aliphatic heterocycles. The molecule has 0 radical (unpaired) electrons. The zero-order chi connectivity index (χ0) is 17.3. The molecule has 126 valence electrons. The van der Waals surface area contributed by atoms with Gasteiger partial charge in [0.25, 0.3) is 0 Å². The van der Waals surface area contributed by atoms with E-state index in [1.165, 1.54) is 4.90 Å². The van der Waals surface area contributed by atoms with Crippen LogP contribution in [0.25, 0.3) is 0 Å². The van der Waals surface area contributed by atoms with Gasteiger partial charge in [0.2, 0.25) is 11.8 Å². The molecule has 3 rings (SSSR count). The molecule has 2 atom stereocenters. The van der Waals surface area contributed by atoms with Crippen LogP contribution in [0.4, 0.5) is 5.82 Å². The van der Waals surface area contributed by atoms with E-state index in [4.69, 9.17) is 16.1 Å². The fourth-order valence-electron chi connectivity index (χ4n) is 2.77. The normalized spacial score (nSPS) is 19.0. The lowest BCUT2D eigenvalue weighted by atomic mass is 10.1. The monoisotopic (exact) mass is 347 g/mol. The molecule has 0 spiro atoms. The lowest BCUT2D eigenvalue weighted by molar-refractivity contribution is -0.134.